The second-order valence-electron chi connectivity index (χ2n) is 10.3. The van der Waals surface area contributed by atoms with Gasteiger partial charge in [0.15, 0.2) is 0 Å². The van der Waals surface area contributed by atoms with Crippen LogP contribution in [0.5, 0.6) is 5.75 Å². The van der Waals surface area contributed by atoms with Gasteiger partial charge < -0.3 is 19.9 Å². The monoisotopic (exact) mass is 455 g/mol. The Morgan fingerprint density at radius 3 is 2.75 bits per heavy atom. The first-order chi connectivity index (χ1) is 15.2. The summed E-state index contributed by atoms with van der Waals surface area (Å²) < 4.78 is 18.6. The molecule has 5 rings (SSSR count). The molecule has 4 atom stereocenters. The molecular formula is C25H30ClN3O3. The van der Waals surface area contributed by atoms with E-state index in [0.717, 1.165) is 48.3 Å². The van der Waals surface area contributed by atoms with Crippen molar-refractivity contribution in [3.63, 3.8) is 0 Å². The first kappa shape index (κ1) is 21.5. The van der Waals surface area contributed by atoms with E-state index in [1.165, 1.54) is 0 Å². The van der Waals surface area contributed by atoms with Crippen LogP contribution in [0.3, 0.4) is 0 Å². The maximum Gasteiger partial charge on any atom is 0.283 e. The van der Waals surface area contributed by atoms with Crippen molar-refractivity contribution in [2.45, 2.75) is 57.8 Å². The summed E-state index contributed by atoms with van der Waals surface area (Å²) in [5.41, 5.74) is 8.59. The molecule has 0 amide bonds. The molecule has 7 heteroatoms. The normalized spacial score (nSPS) is 29.0. The molecule has 3 aliphatic rings. The van der Waals surface area contributed by atoms with Crippen molar-refractivity contribution in [2.24, 2.45) is 22.1 Å². The Bertz CT molecular complexity index is 1050. The fourth-order valence-electron chi connectivity index (χ4n) is 5.12. The van der Waals surface area contributed by atoms with Gasteiger partial charge in [-0.3, -0.25) is 4.98 Å². The zero-order chi connectivity index (χ0) is 22.5. The number of aliphatic imine (C=N–C) groups is 1. The summed E-state index contributed by atoms with van der Waals surface area (Å²) >= 11 is 6.19. The van der Waals surface area contributed by atoms with E-state index < -0.39 is 5.54 Å². The molecule has 0 bridgehead atoms. The molecule has 6 nitrogen and oxygen atoms in total. The highest BCUT2D eigenvalue weighted by Crippen LogP contribution is 2.53. The Morgan fingerprint density at radius 2 is 2.03 bits per heavy atom. The van der Waals surface area contributed by atoms with Gasteiger partial charge in [0.2, 0.25) is 0 Å². The molecule has 3 heterocycles. The highest BCUT2D eigenvalue weighted by atomic mass is 35.5. The van der Waals surface area contributed by atoms with E-state index in [4.69, 9.17) is 36.5 Å². The van der Waals surface area contributed by atoms with E-state index in [-0.39, 0.29) is 29.6 Å². The predicted octanol–water partition coefficient (Wildman–Crippen LogP) is 4.93. The van der Waals surface area contributed by atoms with Crippen LogP contribution in [0, 0.1) is 11.3 Å². The molecule has 170 valence electrons. The molecule has 2 aromatic rings. The molecule has 0 radical (unpaired) electrons. The molecule has 32 heavy (non-hydrogen) atoms. The summed E-state index contributed by atoms with van der Waals surface area (Å²) in [6, 6.07) is 8.35. The molecule has 1 aliphatic carbocycles. The van der Waals surface area contributed by atoms with E-state index in [9.17, 15) is 0 Å². The molecule has 2 N–H and O–H groups in total. The fraction of sp³-hybridized carbons (Fsp3) is 0.520. The second-order valence-corrected chi connectivity index (χ2v) is 10.8. The van der Waals surface area contributed by atoms with Crippen LogP contribution in [-0.2, 0) is 15.0 Å². The number of benzene rings is 1. The maximum absolute atomic E-state index is 6.50. The topological polar surface area (TPSA) is 79.0 Å². The van der Waals surface area contributed by atoms with Crippen LogP contribution in [0.4, 0.5) is 0 Å². The molecule has 0 saturated heterocycles. The minimum Gasteiger partial charge on any atom is -0.490 e. The number of hydrogen-bond acceptors (Lipinski definition) is 6. The Labute approximate surface area is 194 Å². The number of amidine groups is 1. The zero-order valence-electron chi connectivity index (χ0n) is 18.8. The van der Waals surface area contributed by atoms with Gasteiger partial charge >= 0.3 is 0 Å². The molecule has 1 saturated carbocycles. The van der Waals surface area contributed by atoms with Crippen molar-refractivity contribution in [1.82, 2.24) is 4.98 Å². The lowest BCUT2D eigenvalue weighted by Crippen LogP contribution is -2.52. The molecule has 2 aliphatic heterocycles. The second kappa shape index (κ2) is 7.92. The lowest BCUT2D eigenvalue weighted by Gasteiger charge is -2.48. The number of nitrogens with two attached hydrogens (primary N) is 1. The average Bonchev–Trinajstić information content (AvgIpc) is 3.14. The number of aromatic nitrogens is 1. The Hall–Kier alpha value is -2.31. The highest BCUT2D eigenvalue weighted by Gasteiger charge is 2.55. The number of rotatable bonds is 3. The predicted molar refractivity (Wildman–Crippen MR) is 125 cm³/mol. The standard InChI is InChI=1S/C25H30ClN3O3/c1-24(2,3)13-30-18-5-7-22-20(10-18)25(14-31-23(27)29-25)19-9-15(4-6-21(19)32-22)16-8-17(26)12-28-11-16/h4,6,8-9,11-12,18,20,22H,5,7,10,13-14H2,1-3H3,(H2,27,29)/t18-,20+,22+,25-/m1/s1. The number of fused-ring (bicyclic) bond motifs is 4. The maximum atomic E-state index is 6.50. The van der Waals surface area contributed by atoms with Crippen LogP contribution in [0.15, 0.2) is 41.7 Å². The van der Waals surface area contributed by atoms with E-state index in [0.29, 0.717) is 11.6 Å². The van der Waals surface area contributed by atoms with Crippen LogP contribution in [0.25, 0.3) is 11.1 Å². The van der Waals surface area contributed by atoms with Crippen LogP contribution in [-0.4, -0.2) is 36.4 Å². The van der Waals surface area contributed by atoms with Crippen LogP contribution >= 0.6 is 11.6 Å². The molecule has 0 unspecified atom stereocenters. The van der Waals surface area contributed by atoms with Gasteiger partial charge in [-0.05, 0) is 48.4 Å². The summed E-state index contributed by atoms with van der Waals surface area (Å²) in [6.07, 6.45) is 6.46. The van der Waals surface area contributed by atoms with Crippen molar-refractivity contribution >= 4 is 17.6 Å². The number of hydrogen-bond donors (Lipinski definition) is 1. The minimum atomic E-state index is -0.575. The Balaban J connectivity index is 1.52. The van der Waals surface area contributed by atoms with E-state index >= 15 is 0 Å². The molecule has 1 fully saturated rings. The smallest absolute Gasteiger partial charge is 0.283 e. The fourth-order valence-corrected chi connectivity index (χ4v) is 5.30. The first-order valence-corrected chi connectivity index (χ1v) is 11.6. The third kappa shape index (κ3) is 3.95. The van der Waals surface area contributed by atoms with Crippen molar-refractivity contribution in [3.8, 4) is 16.9 Å². The lowest BCUT2D eigenvalue weighted by atomic mass is 9.67. The third-order valence-corrected chi connectivity index (χ3v) is 6.82. The number of ether oxygens (including phenoxy) is 3. The summed E-state index contributed by atoms with van der Waals surface area (Å²) in [5.74, 6) is 0.976. The quantitative estimate of drug-likeness (QED) is 0.709. The van der Waals surface area contributed by atoms with Gasteiger partial charge in [0, 0.05) is 29.4 Å². The zero-order valence-corrected chi connectivity index (χ0v) is 19.6. The van der Waals surface area contributed by atoms with Gasteiger partial charge in [0.1, 0.15) is 24.0 Å². The highest BCUT2D eigenvalue weighted by molar-refractivity contribution is 6.30. The summed E-state index contributed by atoms with van der Waals surface area (Å²) in [5, 5.41) is 0.601. The van der Waals surface area contributed by atoms with Crippen molar-refractivity contribution in [2.75, 3.05) is 13.2 Å². The van der Waals surface area contributed by atoms with Gasteiger partial charge in [-0.25, -0.2) is 4.99 Å². The van der Waals surface area contributed by atoms with Crippen molar-refractivity contribution in [3.05, 3.63) is 47.2 Å². The lowest BCUT2D eigenvalue weighted by molar-refractivity contribution is -0.0757. The number of pyridine rings is 1. The first-order valence-electron chi connectivity index (χ1n) is 11.3. The van der Waals surface area contributed by atoms with E-state index in [1.54, 1.807) is 6.20 Å². The van der Waals surface area contributed by atoms with Gasteiger partial charge in [-0.1, -0.05) is 38.4 Å². The van der Waals surface area contributed by atoms with Crippen LogP contribution in [0.2, 0.25) is 5.02 Å². The van der Waals surface area contributed by atoms with Crippen LogP contribution < -0.4 is 10.5 Å². The van der Waals surface area contributed by atoms with Gasteiger partial charge in [-0.2, -0.15) is 0 Å². The van der Waals surface area contributed by atoms with Crippen molar-refractivity contribution < 1.29 is 14.2 Å². The van der Waals surface area contributed by atoms with Gasteiger partial charge in [0.25, 0.3) is 6.02 Å². The summed E-state index contributed by atoms with van der Waals surface area (Å²) in [6.45, 7) is 7.74. The number of halogens is 1. The summed E-state index contributed by atoms with van der Waals surface area (Å²) in [4.78, 5) is 9.13. The Morgan fingerprint density at radius 1 is 1.19 bits per heavy atom. The van der Waals surface area contributed by atoms with Gasteiger partial charge in [-0.15, -0.1) is 0 Å². The van der Waals surface area contributed by atoms with Crippen LogP contribution in [0.1, 0.15) is 45.6 Å². The molecule has 1 spiro atoms. The average molecular weight is 456 g/mol. The largest absolute Gasteiger partial charge is 0.490 e. The van der Waals surface area contributed by atoms with E-state index in [1.807, 2.05) is 24.4 Å². The molecule has 1 aromatic heterocycles. The Kier molecular flexibility index (Phi) is 5.33. The van der Waals surface area contributed by atoms with E-state index in [2.05, 4.69) is 31.8 Å². The molecule has 1 aromatic carbocycles. The third-order valence-electron chi connectivity index (χ3n) is 6.62. The number of nitrogens with zero attached hydrogens (tertiary/aromatic N) is 2. The van der Waals surface area contributed by atoms with Gasteiger partial charge in [0.05, 0.1) is 17.7 Å². The summed E-state index contributed by atoms with van der Waals surface area (Å²) in [7, 11) is 0. The SMILES string of the molecule is CC(C)(C)CO[C@@H]1CC[C@@H]2Oc3ccc(-c4cncc(Cl)c4)cc3[C@]3(COC(N)=N3)[C@H]2C1. The minimum absolute atomic E-state index is 0.0638. The van der Waals surface area contributed by atoms with Crippen molar-refractivity contribution in [1.29, 1.82) is 0 Å². The molecular weight excluding hydrogens is 426 g/mol.